The van der Waals surface area contributed by atoms with Crippen LogP contribution in [0.25, 0.3) is 0 Å². The molecule has 2 heterocycles. The zero-order valence-corrected chi connectivity index (χ0v) is 12.7. The fourth-order valence-corrected chi connectivity index (χ4v) is 2.91. The summed E-state index contributed by atoms with van der Waals surface area (Å²) in [4.78, 5) is 6.78. The quantitative estimate of drug-likeness (QED) is 0.876. The zero-order valence-electron chi connectivity index (χ0n) is 12.7. The molecule has 6 heteroatoms. The highest BCUT2D eigenvalue weighted by Gasteiger charge is 2.23. The molecule has 0 spiro atoms. The van der Waals surface area contributed by atoms with Crippen molar-refractivity contribution in [2.45, 2.75) is 12.5 Å². The van der Waals surface area contributed by atoms with Crippen LogP contribution in [0, 0.1) is 5.82 Å². The van der Waals surface area contributed by atoms with Crippen LogP contribution in [0.1, 0.15) is 18.0 Å². The van der Waals surface area contributed by atoms with Crippen LogP contribution in [0.2, 0.25) is 0 Å². The lowest BCUT2D eigenvalue weighted by Crippen LogP contribution is -2.47. The van der Waals surface area contributed by atoms with Gasteiger partial charge in [-0.2, -0.15) is 0 Å². The highest BCUT2D eigenvalue weighted by atomic mass is 19.1. The SMILES string of the molecule is Fc1cccc(C(CNC2=NCCCN2)N2CCOCC2)c1. The number of aliphatic imine (C=N–C) groups is 1. The first-order valence-electron chi connectivity index (χ1n) is 7.92. The van der Waals surface area contributed by atoms with Crippen LogP contribution >= 0.6 is 0 Å². The molecule has 0 aromatic heterocycles. The summed E-state index contributed by atoms with van der Waals surface area (Å²) in [5.41, 5.74) is 0.991. The van der Waals surface area contributed by atoms with E-state index < -0.39 is 0 Å². The maximum absolute atomic E-state index is 13.6. The van der Waals surface area contributed by atoms with Gasteiger partial charge in [0.1, 0.15) is 5.82 Å². The first-order valence-corrected chi connectivity index (χ1v) is 7.92. The van der Waals surface area contributed by atoms with E-state index in [1.807, 2.05) is 6.07 Å². The van der Waals surface area contributed by atoms with Crippen molar-refractivity contribution < 1.29 is 9.13 Å². The van der Waals surface area contributed by atoms with E-state index in [1.54, 1.807) is 12.1 Å². The number of ether oxygens (including phenoxy) is 1. The molecule has 5 nitrogen and oxygen atoms in total. The van der Waals surface area contributed by atoms with Crippen molar-refractivity contribution in [3.05, 3.63) is 35.6 Å². The fraction of sp³-hybridized carbons (Fsp3) is 0.562. The van der Waals surface area contributed by atoms with Crippen molar-refractivity contribution >= 4 is 5.96 Å². The molecule has 1 saturated heterocycles. The van der Waals surface area contributed by atoms with Crippen molar-refractivity contribution in [1.29, 1.82) is 0 Å². The van der Waals surface area contributed by atoms with Crippen LogP contribution in [-0.4, -0.2) is 56.8 Å². The normalized spacial score (nSPS) is 20.9. The number of hydrogen-bond acceptors (Lipinski definition) is 5. The molecule has 2 N–H and O–H groups in total. The molecule has 0 amide bonds. The topological polar surface area (TPSA) is 48.9 Å². The maximum Gasteiger partial charge on any atom is 0.191 e. The second kappa shape index (κ2) is 7.56. The third-order valence-corrected chi connectivity index (χ3v) is 4.08. The lowest BCUT2D eigenvalue weighted by molar-refractivity contribution is 0.0169. The molecule has 0 saturated carbocycles. The van der Waals surface area contributed by atoms with Gasteiger partial charge in [-0.3, -0.25) is 9.89 Å². The Labute approximate surface area is 130 Å². The van der Waals surface area contributed by atoms with Gasteiger partial charge >= 0.3 is 0 Å². The summed E-state index contributed by atoms with van der Waals surface area (Å²) in [7, 11) is 0. The molecule has 1 fully saturated rings. The molecule has 0 radical (unpaired) electrons. The van der Waals surface area contributed by atoms with Crippen LogP contribution in [0.15, 0.2) is 29.3 Å². The number of hydrogen-bond donors (Lipinski definition) is 2. The molecule has 2 aliphatic rings. The summed E-state index contributed by atoms with van der Waals surface area (Å²) >= 11 is 0. The van der Waals surface area contributed by atoms with Gasteiger partial charge in [-0.15, -0.1) is 0 Å². The molecule has 1 unspecified atom stereocenters. The Kier molecular flexibility index (Phi) is 5.24. The Morgan fingerprint density at radius 2 is 2.23 bits per heavy atom. The molecule has 1 aromatic carbocycles. The molecular formula is C16H23FN4O. The number of halogens is 1. The monoisotopic (exact) mass is 306 g/mol. The number of morpholine rings is 1. The molecule has 120 valence electrons. The van der Waals surface area contributed by atoms with Crippen LogP contribution in [0.4, 0.5) is 4.39 Å². The molecular weight excluding hydrogens is 283 g/mol. The van der Waals surface area contributed by atoms with Crippen molar-refractivity contribution in [2.75, 3.05) is 45.9 Å². The van der Waals surface area contributed by atoms with Gasteiger partial charge in [0, 0.05) is 32.7 Å². The van der Waals surface area contributed by atoms with Gasteiger partial charge in [0.2, 0.25) is 0 Å². The smallest absolute Gasteiger partial charge is 0.191 e. The summed E-state index contributed by atoms with van der Waals surface area (Å²) in [5.74, 6) is 0.657. The van der Waals surface area contributed by atoms with Crippen molar-refractivity contribution in [3.8, 4) is 0 Å². The van der Waals surface area contributed by atoms with E-state index in [1.165, 1.54) is 6.07 Å². The summed E-state index contributed by atoms with van der Waals surface area (Å²) in [6.45, 7) is 5.70. The molecule has 2 aliphatic heterocycles. The molecule has 3 rings (SSSR count). The number of guanidine groups is 1. The van der Waals surface area contributed by atoms with Crippen molar-refractivity contribution in [2.24, 2.45) is 4.99 Å². The lowest BCUT2D eigenvalue weighted by Gasteiger charge is -2.35. The highest BCUT2D eigenvalue weighted by molar-refractivity contribution is 5.80. The molecule has 0 aliphatic carbocycles. The standard InChI is InChI=1S/C16H23FN4O/c17-14-4-1-3-13(11-14)15(21-7-9-22-10-8-21)12-20-16-18-5-2-6-19-16/h1,3-4,11,15H,2,5-10,12H2,(H2,18,19,20). The van der Waals surface area contributed by atoms with E-state index >= 15 is 0 Å². The van der Waals surface area contributed by atoms with Crippen LogP contribution in [0.3, 0.4) is 0 Å². The number of benzene rings is 1. The Hall–Kier alpha value is -1.66. The van der Waals surface area contributed by atoms with Gasteiger partial charge in [0.15, 0.2) is 5.96 Å². The number of nitrogens with one attached hydrogen (secondary N) is 2. The van der Waals surface area contributed by atoms with Crippen molar-refractivity contribution in [3.63, 3.8) is 0 Å². The summed E-state index contributed by atoms with van der Waals surface area (Å²) < 4.78 is 19.0. The van der Waals surface area contributed by atoms with Crippen molar-refractivity contribution in [1.82, 2.24) is 15.5 Å². The predicted octanol–water partition coefficient (Wildman–Crippen LogP) is 1.14. The predicted molar refractivity (Wildman–Crippen MR) is 84.5 cm³/mol. The van der Waals surface area contributed by atoms with Gasteiger partial charge in [0.05, 0.1) is 19.3 Å². The fourth-order valence-electron chi connectivity index (χ4n) is 2.91. The summed E-state index contributed by atoms with van der Waals surface area (Å²) in [6, 6.07) is 6.99. The third kappa shape index (κ3) is 3.96. The maximum atomic E-state index is 13.6. The minimum Gasteiger partial charge on any atom is -0.379 e. The van der Waals surface area contributed by atoms with Gasteiger partial charge in [-0.05, 0) is 24.1 Å². The van der Waals surface area contributed by atoms with Crippen LogP contribution in [-0.2, 0) is 4.74 Å². The number of rotatable bonds is 4. The summed E-state index contributed by atoms with van der Waals surface area (Å²) in [6.07, 6.45) is 1.07. The lowest BCUT2D eigenvalue weighted by atomic mass is 10.0. The first kappa shape index (κ1) is 15.2. The Morgan fingerprint density at radius 1 is 1.36 bits per heavy atom. The minimum absolute atomic E-state index is 0.117. The minimum atomic E-state index is -0.191. The van der Waals surface area contributed by atoms with E-state index in [-0.39, 0.29) is 11.9 Å². The van der Waals surface area contributed by atoms with E-state index in [0.717, 1.165) is 57.3 Å². The van der Waals surface area contributed by atoms with Gasteiger partial charge < -0.3 is 15.4 Å². The third-order valence-electron chi connectivity index (χ3n) is 4.08. The van der Waals surface area contributed by atoms with Crippen LogP contribution < -0.4 is 10.6 Å². The zero-order chi connectivity index (χ0) is 15.2. The largest absolute Gasteiger partial charge is 0.379 e. The second-order valence-corrected chi connectivity index (χ2v) is 5.61. The van der Waals surface area contributed by atoms with Gasteiger partial charge in [0.25, 0.3) is 0 Å². The first-order chi connectivity index (χ1) is 10.8. The van der Waals surface area contributed by atoms with E-state index in [4.69, 9.17) is 4.74 Å². The Bertz CT molecular complexity index is 517. The number of nitrogens with zero attached hydrogens (tertiary/aromatic N) is 2. The molecule has 0 bridgehead atoms. The van der Waals surface area contributed by atoms with Gasteiger partial charge in [-0.1, -0.05) is 12.1 Å². The molecule has 22 heavy (non-hydrogen) atoms. The summed E-state index contributed by atoms with van der Waals surface area (Å²) in [5, 5.41) is 6.63. The Morgan fingerprint density at radius 3 is 2.95 bits per heavy atom. The van der Waals surface area contributed by atoms with E-state index in [0.29, 0.717) is 6.54 Å². The highest BCUT2D eigenvalue weighted by Crippen LogP contribution is 2.22. The average Bonchev–Trinajstić information content (AvgIpc) is 2.57. The molecule has 1 aromatic rings. The second-order valence-electron chi connectivity index (χ2n) is 5.61. The van der Waals surface area contributed by atoms with Crippen LogP contribution in [0.5, 0.6) is 0 Å². The molecule has 1 atom stereocenters. The average molecular weight is 306 g/mol. The van der Waals surface area contributed by atoms with E-state index in [2.05, 4.69) is 20.5 Å². The van der Waals surface area contributed by atoms with Gasteiger partial charge in [-0.25, -0.2) is 4.39 Å². The van der Waals surface area contributed by atoms with E-state index in [9.17, 15) is 4.39 Å². The Balaban J connectivity index is 1.71.